The summed E-state index contributed by atoms with van der Waals surface area (Å²) in [6.07, 6.45) is 5.23. The number of hydrogen-bond acceptors (Lipinski definition) is 2. The van der Waals surface area contributed by atoms with Crippen molar-refractivity contribution in [2.45, 2.75) is 45.2 Å². The molecule has 2 nitrogen and oxygen atoms in total. The van der Waals surface area contributed by atoms with Crippen molar-refractivity contribution in [1.82, 2.24) is 0 Å². The fraction of sp³-hybridized carbons (Fsp3) is 0.571. The van der Waals surface area contributed by atoms with Crippen molar-refractivity contribution in [3.05, 3.63) is 28.8 Å². The molecule has 0 radical (unpaired) electrons. The summed E-state index contributed by atoms with van der Waals surface area (Å²) in [7, 11) is 0. The van der Waals surface area contributed by atoms with Crippen molar-refractivity contribution in [2.75, 3.05) is 11.4 Å². The van der Waals surface area contributed by atoms with Crippen LogP contribution in [0.25, 0.3) is 0 Å². The molecule has 1 aliphatic heterocycles. The number of benzene rings is 1. The highest BCUT2D eigenvalue weighted by atomic mass is 35.5. The van der Waals surface area contributed by atoms with Crippen LogP contribution in [0.3, 0.4) is 0 Å². The molecule has 0 aliphatic carbocycles. The lowest BCUT2D eigenvalue weighted by atomic mass is 10.1. The van der Waals surface area contributed by atoms with Gasteiger partial charge in [-0.25, -0.2) is 0 Å². The van der Waals surface area contributed by atoms with Crippen LogP contribution in [0.15, 0.2) is 18.2 Å². The molecule has 1 aromatic carbocycles. The van der Waals surface area contributed by atoms with Gasteiger partial charge in [0.1, 0.15) is 0 Å². The van der Waals surface area contributed by atoms with Crippen LogP contribution in [0.2, 0.25) is 5.02 Å². The lowest BCUT2D eigenvalue weighted by Crippen LogP contribution is -2.32. The number of nitrogens with zero attached hydrogens (tertiary/aromatic N) is 1. The van der Waals surface area contributed by atoms with E-state index < -0.39 is 0 Å². The Bertz CT molecular complexity index is 378. The number of halogens is 1. The molecule has 1 saturated heterocycles. The van der Waals surface area contributed by atoms with Crippen molar-refractivity contribution >= 4 is 17.3 Å². The fourth-order valence-corrected chi connectivity index (χ4v) is 2.79. The van der Waals surface area contributed by atoms with E-state index in [1.54, 1.807) is 0 Å². The summed E-state index contributed by atoms with van der Waals surface area (Å²) in [5.74, 6) is 0. The molecule has 1 heterocycles. The third-order valence-corrected chi connectivity index (χ3v) is 3.99. The first-order valence-corrected chi connectivity index (χ1v) is 6.85. The molecule has 2 N–H and O–H groups in total. The molecule has 1 aromatic rings. The maximum atomic E-state index is 6.23. The van der Waals surface area contributed by atoms with Crippen LogP contribution in [0.1, 0.15) is 38.2 Å². The van der Waals surface area contributed by atoms with Crippen molar-refractivity contribution in [3.8, 4) is 0 Å². The summed E-state index contributed by atoms with van der Waals surface area (Å²) in [6.45, 7) is 3.95. The van der Waals surface area contributed by atoms with Crippen molar-refractivity contribution in [1.29, 1.82) is 0 Å². The van der Waals surface area contributed by atoms with Crippen LogP contribution < -0.4 is 10.6 Å². The second-order valence-corrected chi connectivity index (χ2v) is 5.28. The molecule has 17 heavy (non-hydrogen) atoms. The van der Waals surface area contributed by atoms with Gasteiger partial charge in [0.05, 0.1) is 0 Å². The molecule has 0 aromatic heterocycles. The first-order valence-electron chi connectivity index (χ1n) is 6.47. The third kappa shape index (κ3) is 2.93. The van der Waals surface area contributed by atoms with Crippen molar-refractivity contribution in [2.24, 2.45) is 5.73 Å². The standard InChI is InChI=1S/C14H21ClN2/c1-11-5-3-2-4-8-17(11)13-7-6-12(10-16)14(15)9-13/h6-7,9,11H,2-5,8,10,16H2,1H3. The van der Waals surface area contributed by atoms with Crippen LogP contribution in [-0.4, -0.2) is 12.6 Å². The molecule has 1 unspecified atom stereocenters. The maximum Gasteiger partial charge on any atom is 0.0471 e. The summed E-state index contributed by atoms with van der Waals surface area (Å²) in [4.78, 5) is 2.47. The summed E-state index contributed by atoms with van der Waals surface area (Å²) in [5.41, 5.74) is 7.90. The molecular formula is C14H21ClN2. The Kier molecular flexibility index (Phi) is 4.30. The minimum absolute atomic E-state index is 0.509. The number of nitrogens with two attached hydrogens (primary N) is 1. The molecule has 2 rings (SSSR count). The predicted molar refractivity (Wildman–Crippen MR) is 74.6 cm³/mol. The quantitative estimate of drug-likeness (QED) is 0.872. The zero-order valence-electron chi connectivity index (χ0n) is 10.5. The normalized spacial score (nSPS) is 21.4. The second-order valence-electron chi connectivity index (χ2n) is 4.87. The van der Waals surface area contributed by atoms with Crippen LogP contribution in [0, 0.1) is 0 Å². The van der Waals surface area contributed by atoms with Gasteiger partial charge in [-0.05, 0) is 37.5 Å². The minimum atomic E-state index is 0.509. The second kappa shape index (κ2) is 5.74. The van der Waals surface area contributed by atoms with Gasteiger partial charge in [-0.2, -0.15) is 0 Å². The Morgan fingerprint density at radius 2 is 2.18 bits per heavy atom. The smallest absolute Gasteiger partial charge is 0.0471 e. The minimum Gasteiger partial charge on any atom is -0.369 e. The fourth-order valence-electron chi connectivity index (χ4n) is 2.54. The van der Waals surface area contributed by atoms with E-state index in [1.807, 2.05) is 0 Å². The Balaban J connectivity index is 2.22. The monoisotopic (exact) mass is 252 g/mol. The molecule has 0 amide bonds. The molecule has 0 bridgehead atoms. The van der Waals surface area contributed by atoms with Crippen LogP contribution in [0.5, 0.6) is 0 Å². The number of rotatable bonds is 2. The zero-order valence-corrected chi connectivity index (χ0v) is 11.2. The molecule has 1 atom stereocenters. The van der Waals surface area contributed by atoms with E-state index in [2.05, 4.69) is 30.0 Å². The predicted octanol–water partition coefficient (Wildman–Crippen LogP) is 3.57. The zero-order chi connectivity index (χ0) is 12.3. The molecule has 0 saturated carbocycles. The molecular weight excluding hydrogens is 232 g/mol. The summed E-state index contributed by atoms with van der Waals surface area (Å²) < 4.78 is 0. The Hall–Kier alpha value is -0.730. The van der Waals surface area contributed by atoms with Gasteiger partial charge >= 0.3 is 0 Å². The first-order chi connectivity index (χ1) is 8.22. The van der Waals surface area contributed by atoms with E-state index >= 15 is 0 Å². The van der Waals surface area contributed by atoms with Gasteiger partial charge in [0.2, 0.25) is 0 Å². The lowest BCUT2D eigenvalue weighted by molar-refractivity contribution is 0.616. The molecule has 3 heteroatoms. The van der Waals surface area contributed by atoms with E-state index in [-0.39, 0.29) is 0 Å². The number of hydrogen-bond donors (Lipinski definition) is 1. The van der Waals surface area contributed by atoms with E-state index in [9.17, 15) is 0 Å². The van der Waals surface area contributed by atoms with Crippen molar-refractivity contribution in [3.63, 3.8) is 0 Å². The Labute approximate surface area is 109 Å². The summed E-state index contributed by atoms with van der Waals surface area (Å²) in [5, 5.41) is 0.793. The van der Waals surface area contributed by atoms with E-state index in [0.29, 0.717) is 12.6 Å². The van der Waals surface area contributed by atoms with E-state index in [1.165, 1.54) is 31.4 Å². The highest BCUT2D eigenvalue weighted by molar-refractivity contribution is 6.31. The van der Waals surface area contributed by atoms with Crippen LogP contribution >= 0.6 is 11.6 Å². The summed E-state index contributed by atoms with van der Waals surface area (Å²) in [6, 6.07) is 6.87. The molecule has 1 aliphatic rings. The summed E-state index contributed by atoms with van der Waals surface area (Å²) >= 11 is 6.23. The Morgan fingerprint density at radius 1 is 1.35 bits per heavy atom. The molecule has 0 spiro atoms. The highest BCUT2D eigenvalue weighted by Gasteiger charge is 2.17. The third-order valence-electron chi connectivity index (χ3n) is 3.64. The first kappa shape index (κ1) is 12.7. The van der Waals surface area contributed by atoms with Crippen LogP contribution in [-0.2, 0) is 6.54 Å². The average Bonchev–Trinajstić information content (AvgIpc) is 2.54. The molecule has 94 valence electrons. The van der Waals surface area contributed by atoms with Gasteiger partial charge in [0, 0.05) is 29.8 Å². The van der Waals surface area contributed by atoms with Crippen molar-refractivity contribution < 1.29 is 0 Å². The maximum absolute atomic E-state index is 6.23. The van der Waals surface area contributed by atoms with Gasteiger partial charge in [-0.15, -0.1) is 0 Å². The van der Waals surface area contributed by atoms with E-state index in [4.69, 9.17) is 17.3 Å². The largest absolute Gasteiger partial charge is 0.369 e. The average molecular weight is 253 g/mol. The van der Waals surface area contributed by atoms with Crippen LogP contribution in [0.4, 0.5) is 5.69 Å². The van der Waals surface area contributed by atoms with E-state index in [0.717, 1.165) is 17.1 Å². The van der Waals surface area contributed by atoms with Gasteiger partial charge in [-0.1, -0.05) is 30.5 Å². The van der Waals surface area contributed by atoms with Gasteiger partial charge in [-0.3, -0.25) is 0 Å². The SMILES string of the molecule is CC1CCCCCN1c1ccc(CN)c(Cl)c1. The highest BCUT2D eigenvalue weighted by Crippen LogP contribution is 2.28. The number of anilines is 1. The van der Waals surface area contributed by atoms with Gasteiger partial charge < -0.3 is 10.6 Å². The topological polar surface area (TPSA) is 29.3 Å². The lowest BCUT2D eigenvalue weighted by Gasteiger charge is -2.29. The van der Waals surface area contributed by atoms with Gasteiger partial charge in [0.15, 0.2) is 0 Å². The Morgan fingerprint density at radius 3 is 2.88 bits per heavy atom. The molecule has 1 fully saturated rings. The van der Waals surface area contributed by atoms with Gasteiger partial charge in [0.25, 0.3) is 0 Å².